The molecule has 0 unspecified atom stereocenters. The number of nitrogens with zero attached hydrogens (tertiary/aromatic N) is 2. The SMILES string of the molecule is N#[13C]c1cc(=O)[nH]c(=[18O])n1[C@@H]1O[C@H](COP(=O)(O)O)[C@@H](O)[C@H]1O. The molecule has 0 radical (unpaired) electrons. The number of phosphoric acid groups is 1. The maximum absolute atomic E-state index is 11.8. The molecule has 1 aliphatic rings. The Kier molecular flexibility index (Phi) is 4.83. The molecule has 1 fully saturated rings. The number of aromatic amines is 1. The number of aliphatic hydroxyl groups excluding tert-OH is 2. The first-order valence-electron chi connectivity index (χ1n) is 6.11. The van der Waals surface area contributed by atoms with Crippen LogP contribution in [0.4, 0.5) is 0 Å². The van der Waals surface area contributed by atoms with Gasteiger partial charge in [-0.3, -0.25) is 18.9 Å². The smallest absolute Gasteiger partial charge is 0.387 e. The highest BCUT2D eigenvalue weighted by Crippen LogP contribution is 2.38. The minimum Gasteiger partial charge on any atom is -0.387 e. The number of hydrogen-bond donors (Lipinski definition) is 5. The van der Waals surface area contributed by atoms with Crippen molar-refractivity contribution in [3.05, 3.63) is 32.6 Å². The number of hydrogen-bond acceptors (Lipinski definition) is 8. The first kappa shape index (κ1) is 17.5. The highest BCUT2D eigenvalue weighted by atomic mass is 31.2. The van der Waals surface area contributed by atoms with Gasteiger partial charge >= 0.3 is 13.5 Å². The summed E-state index contributed by atoms with van der Waals surface area (Å²) in [6.45, 7) is -0.765. The minimum atomic E-state index is -4.83. The van der Waals surface area contributed by atoms with Crippen LogP contribution in [0.2, 0.25) is 0 Å². The third kappa shape index (κ3) is 3.74. The number of nitrogens with one attached hydrogen (secondary N) is 1. The average molecular weight is 352 g/mol. The second kappa shape index (κ2) is 6.34. The Morgan fingerprint density at radius 1 is 1.48 bits per heavy atom. The van der Waals surface area contributed by atoms with E-state index in [1.807, 2.05) is 4.98 Å². The van der Waals surface area contributed by atoms with Crippen LogP contribution in [0, 0.1) is 11.3 Å². The van der Waals surface area contributed by atoms with Gasteiger partial charge in [0.1, 0.15) is 30.1 Å². The zero-order valence-electron chi connectivity index (χ0n) is 11.3. The number of ether oxygens (including phenoxy) is 1. The first-order valence-corrected chi connectivity index (χ1v) is 7.64. The Balaban J connectivity index is 2.32. The van der Waals surface area contributed by atoms with Crippen molar-refractivity contribution in [1.29, 1.82) is 5.26 Å². The van der Waals surface area contributed by atoms with Crippen LogP contribution in [-0.4, -0.2) is 54.5 Å². The van der Waals surface area contributed by atoms with E-state index in [0.29, 0.717) is 4.57 Å². The molecular weight excluding hydrogens is 340 g/mol. The van der Waals surface area contributed by atoms with Crippen molar-refractivity contribution in [2.24, 2.45) is 0 Å². The van der Waals surface area contributed by atoms with Crippen molar-refractivity contribution in [2.45, 2.75) is 24.5 Å². The molecule has 0 aliphatic carbocycles. The summed E-state index contributed by atoms with van der Waals surface area (Å²) in [5.74, 6) is 0. The van der Waals surface area contributed by atoms with Gasteiger partial charge in [0.15, 0.2) is 6.23 Å². The van der Waals surface area contributed by atoms with Crippen molar-refractivity contribution < 1.29 is 33.8 Å². The summed E-state index contributed by atoms with van der Waals surface area (Å²) in [6, 6.07) is 2.37. The molecule has 1 aromatic heterocycles. The normalized spacial score (nSPS) is 27.8. The van der Waals surface area contributed by atoms with Gasteiger partial charge in [0.25, 0.3) is 5.56 Å². The number of phosphoric ester groups is 1. The molecule has 0 aromatic carbocycles. The van der Waals surface area contributed by atoms with Gasteiger partial charge < -0.3 is 24.7 Å². The molecule has 0 spiro atoms. The van der Waals surface area contributed by atoms with Crippen molar-refractivity contribution >= 4 is 7.82 Å². The van der Waals surface area contributed by atoms with Gasteiger partial charge in [0, 0.05) is 6.07 Å². The van der Waals surface area contributed by atoms with E-state index in [1.54, 1.807) is 6.07 Å². The van der Waals surface area contributed by atoms with E-state index in [9.17, 15) is 24.4 Å². The van der Waals surface area contributed by atoms with Crippen molar-refractivity contribution in [1.82, 2.24) is 9.55 Å². The lowest BCUT2D eigenvalue weighted by molar-refractivity contribution is -0.0547. The molecule has 13 heteroatoms. The molecule has 1 saturated heterocycles. The Labute approximate surface area is 127 Å². The molecule has 0 amide bonds. The fourth-order valence-electron chi connectivity index (χ4n) is 2.09. The van der Waals surface area contributed by atoms with Crippen LogP contribution < -0.4 is 11.2 Å². The van der Waals surface area contributed by atoms with Crippen molar-refractivity contribution in [3.8, 4) is 6.07 Å². The van der Waals surface area contributed by atoms with Gasteiger partial charge in [0.05, 0.1) is 6.61 Å². The monoisotopic (exact) mass is 352 g/mol. The van der Waals surface area contributed by atoms with Crippen LogP contribution in [-0.2, 0) is 13.8 Å². The summed E-state index contributed by atoms with van der Waals surface area (Å²) in [6.07, 6.45) is -6.25. The fraction of sp³-hybridized carbons (Fsp3) is 0.500. The second-order valence-electron chi connectivity index (χ2n) is 4.64. The van der Waals surface area contributed by atoms with E-state index in [-0.39, 0.29) is 0 Å². The standard InChI is InChI=1S/C10H12N3O9P/c11-2-4-1-6(14)12-10(17)13(4)9-8(16)7(15)5(22-9)3-21-23(18,19)20/h1,5,7-9,15-16H,3H2,(H,12,14,17)(H2,18,19,20)/t5-,7-,8-,9-/m1/s1/i2+1,17+2. The summed E-state index contributed by atoms with van der Waals surface area (Å²) >= 11 is 0. The quantitative estimate of drug-likeness (QED) is 0.213. The van der Waals surface area contributed by atoms with Crippen LogP contribution in [0.25, 0.3) is 0 Å². The van der Waals surface area contributed by atoms with Gasteiger partial charge in [-0.25, -0.2) is 9.36 Å². The van der Waals surface area contributed by atoms with Gasteiger partial charge in [-0.1, -0.05) is 0 Å². The van der Waals surface area contributed by atoms with E-state index >= 15 is 0 Å². The zero-order chi connectivity index (χ0) is 17.4. The lowest BCUT2D eigenvalue weighted by atomic mass is 10.1. The van der Waals surface area contributed by atoms with E-state index in [4.69, 9.17) is 19.8 Å². The van der Waals surface area contributed by atoms with Gasteiger partial charge in [-0.05, 0) is 0 Å². The van der Waals surface area contributed by atoms with Crippen LogP contribution in [0.3, 0.4) is 0 Å². The Morgan fingerprint density at radius 2 is 2.13 bits per heavy atom. The third-order valence-electron chi connectivity index (χ3n) is 3.09. The maximum Gasteiger partial charge on any atom is 0.469 e. The predicted octanol–water partition coefficient (Wildman–Crippen LogP) is -2.86. The fourth-order valence-corrected chi connectivity index (χ4v) is 2.44. The van der Waals surface area contributed by atoms with Crippen molar-refractivity contribution in [3.63, 3.8) is 0 Å². The zero-order valence-corrected chi connectivity index (χ0v) is 12.2. The third-order valence-corrected chi connectivity index (χ3v) is 3.57. The molecule has 2 heterocycles. The van der Waals surface area contributed by atoms with Crippen LogP contribution in [0.5, 0.6) is 0 Å². The molecule has 12 nitrogen and oxygen atoms in total. The number of aromatic nitrogens is 2. The van der Waals surface area contributed by atoms with E-state index in [1.165, 1.54) is 0 Å². The van der Waals surface area contributed by atoms with Crippen LogP contribution in [0.1, 0.15) is 11.9 Å². The molecule has 2 rings (SSSR count). The largest absolute Gasteiger partial charge is 0.469 e. The number of rotatable bonds is 4. The van der Waals surface area contributed by atoms with E-state index in [0.717, 1.165) is 6.07 Å². The Morgan fingerprint density at radius 3 is 2.70 bits per heavy atom. The van der Waals surface area contributed by atoms with Crippen LogP contribution >= 0.6 is 7.82 Å². The van der Waals surface area contributed by atoms with E-state index in [2.05, 4.69) is 4.52 Å². The summed E-state index contributed by atoms with van der Waals surface area (Å²) in [7, 11) is -4.83. The average Bonchev–Trinajstić information content (AvgIpc) is 2.71. The molecule has 1 aromatic rings. The molecule has 1 aliphatic heterocycles. The summed E-state index contributed by atoms with van der Waals surface area (Å²) in [4.78, 5) is 42.1. The van der Waals surface area contributed by atoms with Gasteiger partial charge in [0.2, 0.25) is 0 Å². The molecule has 0 bridgehead atoms. The summed E-state index contributed by atoms with van der Waals surface area (Å²) in [5, 5.41) is 28.7. The molecular formula is C10H12N3O9P. The van der Waals surface area contributed by atoms with Crippen molar-refractivity contribution in [2.75, 3.05) is 6.61 Å². The summed E-state index contributed by atoms with van der Waals surface area (Å²) in [5.41, 5.74) is -2.31. The van der Waals surface area contributed by atoms with Gasteiger partial charge in [-0.2, -0.15) is 5.26 Å². The topological polar surface area (TPSA) is 195 Å². The lowest BCUT2D eigenvalue weighted by Gasteiger charge is -2.18. The Hall–Kier alpha value is -1.84. The number of aliphatic hydroxyl groups is 2. The van der Waals surface area contributed by atoms with E-state index < -0.39 is 55.9 Å². The Bertz CT molecular complexity index is 790. The molecule has 4 atom stereocenters. The molecule has 5 N–H and O–H groups in total. The lowest BCUT2D eigenvalue weighted by Crippen LogP contribution is -2.39. The minimum absolute atomic E-state index is 0.424. The molecule has 0 saturated carbocycles. The van der Waals surface area contributed by atoms with Gasteiger partial charge in [-0.15, -0.1) is 0 Å². The number of H-pyrrole nitrogens is 1. The predicted molar refractivity (Wildman–Crippen MR) is 70.0 cm³/mol. The second-order valence-corrected chi connectivity index (χ2v) is 5.88. The maximum atomic E-state index is 11.8. The highest BCUT2D eigenvalue weighted by Gasteiger charge is 2.45. The highest BCUT2D eigenvalue weighted by molar-refractivity contribution is 7.46. The first-order chi connectivity index (χ1) is 10.6. The summed E-state index contributed by atoms with van der Waals surface area (Å²) < 4.78 is 20.6. The molecule has 126 valence electrons. The van der Waals surface area contributed by atoms with Crippen LogP contribution in [0.15, 0.2) is 15.7 Å². The number of nitriles is 1. The molecule has 23 heavy (non-hydrogen) atoms.